The Labute approximate surface area is 103 Å². The zero-order chi connectivity index (χ0) is 12.1. The third kappa shape index (κ3) is 3.20. The van der Waals surface area contributed by atoms with Gasteiger partial charge in [0.1, 0.15) is 5.75 Å². The molecular weight excluding hydrogens is 214 g/mol. The molecular formula is C14H21NO2. The van der Waals surface area contributed by atoms with Crippen LogP contribution in [-0.2, 0) is 0 Å². The van der Waals surface area contributed by atoms with Gasteiger partial charge in [0.25, 0.3) is 0 Å². The van der Waals surface area contributed by atoms with E-state index in [-0.39, 0.29) is 0 Å². The number of ether oxygens (including phenoxy) is 1. The van der Waals surface area contributed by atoms with Crippen molar-refractivity contribution in [3.8, 4) is 5.75 Å². The van der Waals surface area contributed by atoms with Gasteiger partial charge < -0.3 is 15.2 Å². The SMILES string of the molecule is CCOc1ccccc1C(O)CC1CCCN1. The minimum absolute atomic E-state index is 0.437. The summed E-state index contributed by atoms with van der Waals surface area (Å²) in [5.74, 6) is 0.806. The summed E-state index contributed by atoms with van der Waals surface area (Å²) in [5, 5.41) is 13.7. The second kappa shape index (κ2) is 6.03. The van der Waals surface area contributed by atoms with Crippen LogP contribution >= 0.6 is 0 Å². The highest BCUT2D eigenvalue weighted by molar-refractivity contribution is 5.35. The molecule has 94 valence electrons. The van der Waals surface area contributed by atoms with Crippen molar-refractivity contribution in [2.24, 2.45) is 0 Å². The molecule has 0 saturated carbocycles. The van der Waals surface area contributed by atoms with Crippen molar-refractivity contribution in [3.05, 3.63) is 29.8 Å². The molecule has 1 aromatic carbocycles. The molecule has 1 aromatic rings. The van der Waals surface area contributed by atoms with E-state index in [2.05, 4.69) is 5.32 Å². The number of aliphatic hydroxyl groups is 1. The molecule has 17 heavy (non-hydrogen) atoms. The maximum absolute atomic E-state index is 10.3. The number of rotatable bonds is 5. The molecule has 2 unspecified atom stereocenters. The first-order valence-electron chi connectivity index (χ1n) is 6.44. The molecule has 1 aliphatic heterocycles. The molecule has 0 spiro atoms. The van der Waals surface area contributed by atoms with Crippen LogP contribution in [0.3, 0.4) is 0 Å². The predicted molar refractivity (Wildman–Crippen MR) is 68.2 cm³/mol. The number of hydrogen-bond acceptors (Lipinski definition) is 3. The van der Waals surface area contributed by atoms with Crippen LogP contribution in [0.2, 0.25) is 0 Å². The maximum Gasteiger partial charge on any atom is 0.125 e. The zero-order valence-electron chi connectivity index (χ0n) is 10.4. The monoisotopic (exact) mass is 235 g/mol. The lowest BCUT2D eigenvalue weighted by molar-refractivity contribution is 0.149. The molecule has 2 rings (SSSR count). The Morgan fingerprint density at radius 3 is 3.00 bits per heavy atom. The van der Waals surface area contributed by atoms with Crippen LogP contribution in [0.25, 0.3) is 0 Å². The minimum atomic E-state index is -0.437. The number of aliphatic hydroxyl groups excluding tert-OH is 1. The molecule has 1 aliphatic rings. The quantitative estimate of drug-likeness (QED) is 0.822. The first kappa shape index (κ1) is 12.4. The number of nitrogens with one attached hydrogen (secondary N) is 1. The van der Waals surface area contributed by atoms with E-state index < -0.39 is 6.10 Å². The molecule has 0 aliphatic carbocycles. The van der Waals surface area contributed by atoms with Crippen LogP contribution < -0.4 is 10.1 Å². The van der Waals surface area contributed by atoms with Crippen molar-refractivity contribution in [1.29, 1.82) is 0 Å². The van der Waals surface area contributed by atoms with Gasteiger partial charge in [0.2, 0.25) is 0 Å². The van der Waals surface area contributed by atoms with Gasteiger partial charge in [-0.1, -0.05) is 18.2 Å². The van der Waals surface area contributed by atoms with Gasteiger partial charge in [-0.25, -0.2) is 0 Å². The number of para-hydroxylation sites is 1. The topological polar surface area (TPSA) is 41.5 Å². The van der Waals surface area contributed by atoms with Gasteiger partial charge in [-0.2, -0.15) is 0 Å². The standard InChI is InChI=1S/C14H21NO2/c1-2-17-14-8-4-3-7-12(14)13(16)10-11-6-5-9-15-11/h3-4,7-8,11,13,15-16H,2,5-6,9-10H2,1H3. The maximum atomic E-state index is 10.3. The fourth-order valence-electron chi connectivity index (χ4n) is 2.40. The summed E-state index contributed by atoms with van der Waals surface area (Å²) >= 11 is 0. The fraction of sp³-hybridized carbons (Fsp3) is 0.571. The van der Waals surface area contributed by atoms with Crippen molar-refractivity contribution >= 4 is 0 Å². The second-order valence-corrected chi connectivity index (χ2v) is 4.52. The molecule has 0 aromatic heterocycles. The van der Waals surface area contributed by atoms with E-state index in [4.69, 9.17) is 4.74 Å². The Bertz CT molecular complexity index is 348. The van der Waals surface area contributed by atoms with Gasteiger partial charge in [0, 0.05) is 11.6 Å². The molecule has 1 saturated heterocycles. The van der Waals surface area contributed by atoms with Gasteiger partial charge in [0.15, 0.2) is 0 Å². The summed E-state index contributed by atoms with van der Waals surface area (Å²) in [4.78, 5) is 0. The van der Waals surface area contributed by atoms with E-state index >= 15 is 0 Å². The third-order valence-corrected chi connectivity index (χ3v) is 3.25. The van der Waals surface area contributed by atoms with E-state index in [1.807, 2.05) is 31.2 Å². The first-order valence-corrected chi connectivity index (χ1v) is 6.44. The largest absolute Gasteiger partial charge is 0.493 e. The van der Waals surface area contributed by atoms with E-state index in [0.29, 0.717) is 12.6 Å². The summed E-state index contributed by atoms with van der Waals surface area (Å²) in [6.07, 6.45) is 2.70. The summed E-state index contributed by atoms with van der Waals surface area (Å²) < 4.78 is 5.54. The highest BCUT2D eigenvalue weighted by atomic mass is 16.5. The molecule has 2 N–H and O–H groups in total. The highest BCUT2D eigenvalue weighted by Gasteiger charge is 2.21. The van der Waals surface area contributed by atoms with Crippen molar-refractivity contribution in [1.82, 2.24) is 5.32 Å². The molecule has 1 heterocycles. The lowest BCUT2D eigenvalue weighted by Crippen LogP contribution is -2.23. The average Bonchev–Trinajstić information content (AvgIpc) is 2.83. The van der Waals surface area contributed by atoms with Crippen molar-refractivity contribution in [2.45, 2.75) is 38.3 Å². The van der Waals surface area contributed by atoms with Crippen LogP contribution in [0.5, 0.6) is 5.75 Å². The number of hydrogen-bond donors (Lipinski definition) is 2. The lowest BCUT2D eigenvalue weighted by atomic mass is 10.0. The minimum Gasteiger partial charge on any atom is -0.493 e. The molecule has 1 fully saturated rings. The van der Waals surface area contributed by atoms with Crippen molar-refractivity contribution in [3.63, 3.8) is 0 Å². The van der Waals surface area contributed by atoms with Gasteiger partial charge >= 0.3 is 0 Å². The van der Waals surface area contributed by atoms with Crippen LogP contribution in [0.15, 0.2) is 24.3 Å². The van der Waals surface area contributed by atoms with E-state index in [1.54, 1.807) is 0 Å². The van der Waals surface area contributed by atoms with E-state index in [0.717, 1.165) is 30.7 Å². The van der Waals surface area contributed by atoms with Gasteiger partial charge in [-0.05, 0) is 38.8 Å². The smallest absolute Gasteiger partial charge is 0.125 e. The van der Waals surface area contributed by atoms with Crippen LogP contribution in [0, 0.1) is 0 Å². The lowest BCUT2D eigenvalue weighted by Gasteiger charge is -2.18. The summed E-state index contributed by atoms with van der Waals surface area (Å²) in [5.41, 5.74) is 0.906. The van der Waals surface area contributed by atoms with Crippen molar-refractivity contribution in [2.75, 3.05) is 13.2 Å². The Morgan fingerprint density at radius 1 is 1.47 bits per heavy atom. The third-order valence-electron chi connectivity index (χ3n) is 3.25. The predicted octanol–water partition coefficient (Wildman–Crippen LogP) is 2.26. The van der Waals surface area contributed by atoms with Gasteiger partial charge in [-0.15, -0.1) is 0 Å². The molecule has 3 heteroatoms. The normalized spacial score (nSPS) is 21.4. The molecule has 0 radical (unpaired) electrons. The molecule has 0 bridgehead atoms. The van der Waals surface area contributed by atoms with Crippen molar-refractivity contribution < 1.29 is 9.84 Å². The Morgan fingerprint density at radius 2 is 2.29 bits per heavy atom. The molecule has 0 amide bonds. The summed E-state index contributed by atoms with van der Waals surface area (Å²) in [7, 11) is 0. The second-order valence-electron chi connectivity index (χ2n) is 4.52. The summed E-state index contributed by atoms with van der Waals surface area (Å²) in [6, 6.07) is 8.20. The zero-order valence-corrected chi connectivity index (χ0v) is 10.4. The molecule has 2 atom stereocenters. The highest BCUT2D eigenvalue weighted by Crippen LogP contribution is 2.29. The van der Waals surface area contributed by atoms with Gasteiger partial charge in [-0.3, -0.25) is 0 Å². The van der Waals surface area contributed by atoms with Crippen LogP contribution in [0.4, 0.5) is 0 Å². The summed E-state index contributed by atoms with van der Waals surface area (Å²) in [6.45, 7) is 3.66. The Hall–Kier alpha value is -1.06. The van der Waals surface area contributed by atoms with E-state index in [1.165, 1.54) is 6.42 Å². The van der Waals surface area contributed by atoms with Gasteiger partial charge in [0.05, 0.1) is 12.7 Å². The average molecular weight is 235 g/mol. The Kier molecular flexibility index (Phi) is 4.40. The van der Waals surface area contributed by atoms with E-state index in [9.17, 15) is 5.11 Å². The fourth-order valence-corrected chi connectivity index (χ4v) is 2.40. The van der Waals surface area contributed by atoms with Crippen LogP contribution in [0.1, 0.15) is 37.9 Å². The van der Waals surface area contributed by atoms with Crippen LogP contribution in [-0.4, -0.2) is 24.3 Å². The molecule has 3 nitrogen and oxygen atoms in total. The first-order chi connectivity index (χ1) is 8.31. The number of benzene rings is 1. The Balaban J connectivity index is 2.03.